The lowest BCUT2D eigenvalue weighted by Crippen LogP contribution is -2.35. The van der Waals surface area contributed by atoms with E-state index in [2.05, 4.69) is 30.8 Å². The number of halogens is 1. The maximum absolute atomic E-state index is 12.4. The van der Waals surface area contributed by atoms with E-state index in [1.54, 1.807) is 24.3 Å². The summed E-state index contributed by atoms with van der Waals surface area (Å²) in [7, 11) is -3.50. The van der Waals surface area contributed by atoms with E-state index < -0.39 is 10.0 Å². The van der Waals surface area contributed by atoms with Crippen LogP contribution < -0.4 is 10.0 Å². The second-order valence-corrected chi connectivity index (χ2v) is 9.23. The highest BCUT2D eigenvalue weighted by molar-refractivity contribution is 7.89. The molecule has 2 N–H and O–H groups in total. The Morgan fingerprint density at radius 1 is 0.920 bits per heavy atom. The lowest BCUT2D eigenvalue weighted by atomic mass is 10.1. The van der Waals surface area contributed by atoms with Crippen LogP contribution in [0.3, 0.4) is 0 Å². The van der Waals surface area contributed by atoms with Crippen LogP contribution in [0, 0.1) is 0 Å². The molecule has 0 unspecified atom stereocenters. The monoisotopic (exact) mass is 380 g/mol. The maximum Gasteiger partial charge on any atom is 0.240 e. The van der Waals surface area contributed by atoms with Crippen LogP contribution >= 0.6 is 11.6 Å². The summed E-state index contributed by atoms with van der Waals surface area (Å²) in [4.78, 5) is 0.281. The second kappa shape index (κ2) is 8.32. The quantitative estimate of drug-likeness (QED) is 0.769. The minimum atomic E-state index is -3.50. The fourth-order valence-corrected chi connectivity index (χ4v) is 3.38. The van der Waals surface area contributed by atoms with Crippen molar-refractivity contribution in [3.8, 4) is 0 Å². The Hall–Kier alpha value is -1.40. The van der Waals surface area contributed by atoms with Gasteiger partial charge in [-0.2, -0.15) is 0 Å². The van der Waals surface area contributed by atoms with Gasteiger partial charge in [0.15, 0.2) is 0 Å². The van der Waals surface area contributed by atoms with Crippen LogP contribution in [0.5, 0.6) is 0 Å². The predicted molar refractivity (Wildman–Crippen MR) is 103 cm³/mol. The number of sulfonamides is 1. The molecule has 136 valence electrons. The summed E-state index contributed by atoms with van der Waals surface area (Å²) in [6.07, 6.45) is 0.615. The standard InChI is InChI=1S/C19H25ClN2O2S/c1-19(2,3)21-14-16-6-10-18(11-7-16)25(23,24)22-13-12-15-4-8-17(20)9-5-15/h4-11,21-22H,12-14H2,1-3H3. The third-order valence-electron chi connectivity index (χ3n) is 3.68. The topological polar surface area (TPSA) is 58.2 Å². The molecule has 0 aliphatic rings. The molecule has 2 aromatic carbocycles. The van der Waals surface area contributed by atoms with Crippen molar-refractivity contribution in [2.75, 3.05) is 6.54 Å². The van der Waals surface area contributed by atoms with Crippen molar-refractivity contribution in [1.82, 2.24) is 10.0 Å². The minimum absolute atomic E-state index is 0.0218. The van der Waals surface area contributed by atoms with Crippen molar-refractivity contribution >= 4 is 21.6 Å². The fraction of sp³-hybridized carbons (Fsp3) is 0.368. The molecule has 4 nitrogen and oxygen atoms in total. The van der Waals surface area contributed by atoms with Gasteiger partial charge in [0.25, 0.3) is 0 Å². The summed E-state index contributed by atoms with van der Waals surface area (Å²) in [5.41, 5.74) is 2.11. The van der Waals surface area contributed by atoms with Gasteiger partial charge in [-0.25, -0.2) is 13.1 Å². The smallest absolute Gasteiger partial charge is 0.240 e. The molecule has 0 aromatic heterocycles. The fourth-order valence-electron chi connectivity index (χ4n) is 2.22. The van der Waals surface area contributed by atoms with Gasteiger partial charge in [-0.05, 0) is 62.6 Å². The van der Waals surface area contributed by atoms with Gasteiger partial charge in [0.2, 0.25) is 10.0 Å². The zero-order chi connectivity index (χ0) is 18.5. The largest absolute Gasteiger partial charge is 0.308 e. The molecule has 0 aliphatic carbocycles. The first-order valence-electron chi connectivity index (χ1n) is 8.24. The summed E-state index contributed by atoms with van der Waals surface area (Å²) in [6, 6.07) is 14.4. The maximum atomic E-state index is 12.4. The van der Waals surface area contributed by atoms with Gasteiger partial charge in [0.1, 0.15) is 0 Å². The first-order valence-corrected chi connectivity index (χ1v) is 10.1. The predicted octanol–water partition coefficient (Wildman–Crippen LogP) is 3.75. The molecule has 0 spiro atoms. The van der Waals surface area contributed by atoms with Crippen molar-refractivity contribution < 1.29 is 8.42 Å². The van der Waals surface area contributed by atoms with Crippen molar-refractivity contribution in [1.29, 1.82) is 0 Å². The van der Waals surface area contributed by atoms with Gasteiger partial charge in [-0.15, -0.1) is 0 Å². The van der Waals surface area contributed by atoms with Gasteiger partial charge >= 0.3 is 0 Å². The van der Waals surface area contributed by atoms with Crippen molar-refractivity contribution in [2.45, 2.75) is 44.2 Å². The lowest BCUT2D eigenvalue weighted by molar-refractivity contribution is 0.424. The molecule has 25 heavy (non-hydrogen) atoms. The molecule has 0 fully saturated rings. The van der Waals surface area contributed by atoms with E-state index in [0.717, 1.165) is 11.1 Å². The van der Waals surface area contributed by atoms with Crippen LogP contribution in [0.4, 0.5) is 0 Å². The molecular formula is C19H25ClN2O2S. The van der Waals surface area contributed by atoms with Crippen LogP contribution in [0.25, 0.3) is 0 Å². The van der Waals surface area contributed by atoms with E-state index in [4.69, 9.17) is 11.6 Å². The van der Waals surface area contributed by atoms with Crippen molar-refractivity contribution in [3.05, 3.63) is 64.7 Å². The Kier molecular flexibility index (Phi) is 6.63. The van der Waals surface area contributed by atoms with Crippen molar-refractivity contribution in [2.24, 2.45) is 0 Å². The van der Waals surface area contributed by atoms with Crippen LogP contribution in [0.1, 0.15) is 31.9 Å². The van der Waals surface area contributed by atoms with Crippen LogP contribution in [-0.4, -0.2) is 20.5 Å². The molecule has 6 heteroatoms. The van der Waals surface area contributed by atoms with Crippen LogP contribution in [-0.2, 0) is 23.0 Å². The number of rotatable bonds is 7. The SMILES string of the molecule is CC(C)(C)NCc1ccc(S(=O)(=O)NCCc2ccc(Cl)cc2)cc1. The molecule has 0 atom stereocenters. The lowest BCUT2D eigenvalue weighted by Gasteiger charge is -2.20. The van der Waals surface area contributed by atoms with Gasteiger partial charge in [-0.3, -0.25) is 0 Å². The van der Waals surface area contributed by atoms with E-state index in [9.17, 15) is 8.42 Å². The summed E-state index contributed by atoms with van der Waals surface area (Å²) in [5, 5.41) is 4.05. The van der Waals surface area contributed by atoms with E-state index in [-0.39, 0.29) is 10.4 Å². The van der Waals surface area contributed by atoms with E-state index in [0.29, 0.717) is 24.5 Å². The van der Waals surface area contributed by atoms with Gasteiger partial charge < -0.3 is 5.32 Å². The molecule has 0 saturated heterocycles. The van der Waals surface area contributed by atoms with E-state index in [1.165, 1.54) is 0 Å². The van der Waals surface area contributed by atoms with Gasteiger partial charge in [-0.1, -0.05) is 35.9 Å². The average molecular weight is 381 g/mol. The molecule has 0 amide bonds. The molecule has 0 aliphatic heterocycles. The molecular weight excluding hydrogens is 356 g/mol. The molecule has 0 radical (unpaired) electrons. The molecule has 2 aromatic rings. The summed E-state index contributed by atoms with van der Waals surface area (Å²) in [5.74, 6) is 0. The van der Waals surface area contributed by atoms with Crippen LogP contribution in [0.2, 0.25) is 5.02 Å². The Bertz CT molecular complexity index is 780. The number of hydrogen-bond donors (Lipinski definition) is 2. The Morgan fingerprint density at radius 2 is 1.48 bits per heavy atom. The normalized spacial score (nSPS) is 12.3. The zero-order valence-electron chi connectivity index (χ0n) is 14.8. The van der Waals surface area contributed by atoms with Gasteiger partial charge in [0.05, 0.1) is 4.90 Å². The number of nitrogens with one attached hydrogen (secondary N) is 2. The number of hydrogen-bond acceptors (Lipinski definition) is 3. The Morgan fingerprint density at radius 3 is 2.04 bits per heavy atom. The zero-order valence-corrected chi connectivity index (χ0v) is 16.4. The Balaban J connectivity index is 1.91. The molecule has 0 saturated carbocycles. The minimum Gasteiger partial charge on any atom is -0.308 e. The highest BCUT2D eigenvalue weighted by atomic mass is 35.5. The number of benzene rings is 2. The highest BCUT2D eigenvalue weighted by Crippen LogP contribution is 2.13. The van der Waals surface area contributed by atoms with Crippen LogP contribution in [0.15, 0.2) is 53.4 Å². The van der Waals surface area contributed by atoms with E-state index in [1.807, 2.05) is 24.3 Å². The highest BCUT2D eigenvalue weighted by Gasteiger charge is 2.14. The third-order valence-corrected chi connectivity index (χ3v) is 5.40. The Labute approximate surface area is 155 Å². The molecule has 0 bridgehead atoms. The third kappa shape index (κ3) is 6.78. The first-order chi connectivity index (χ1) is 11.7. The second-order valence-electron chi connectivity index (χ2n) is 7.02. The van der Waals surface area contributed by atoms with E-state index >= 15 is 0 Å². The molecule has 0 heterocycles. The van der Waals surface area contributed by atoms with Crippen molar-refractivity contribution in [3.63, 3.8) is 0 Å². The average Bonchev–Trinajstić information content (AvgIpc) is 2.54. The first kappa shape index (κ1) is 19.9. The van der Waals surface area contributed by atoms with Gasteiger partial charge in [0, 0.05) is 23.7 Å². The summed E-state index contributed by atoms with van der Waals surface area (Å²) >= 11 is 5.84. The molecule has 2 rings (SSSR count). The summed E-state index contributed by atoms with van der Waals surface area (Å²) in [6.45, 7) is 7.33. The summed E-state index contributed by atoms with van der Waals surface area (Å²) < 4.78 is 27.4.